The highest BCUT2D eigenvalue weighted by atomic mass is 16.5. The number of amides is 1. The predicted molar refractivity (Wildman–Crippen MR) is 108 cm³/mol. The number of carbonyl (C=O) groups is 1. The Labute approximate surface area is 171 Å². The van der Waals surface area contributed by atoms with E-state index in [0.717, 1.165) is 38.2 Å². The predicted octanol–water partition coefficient (Wildman–Crippen LogP) is 1.78. The Balaban J connectivity index is 1.42. The van der Waals surface area contributed by atoms with Crippen LogP contribution in [-0.4, -0.2) is 62.8 Å². The summed E-state index contributed by atoms with van der Waals surface area (Å²) in [5.74, 6) is -0.218. The number of nitrogens with one attached hydrogen (secondary N) is 1. The first kappa shape index (κ1) is 19.9. The van der Waals surface area contributed by atoms with Crippen molar-refractivity contribution in [1.82, 2.24) is 20.2 Å². The van der Waals surface area contributed by atoms with Gasteiger partial charge in [-0.15, -0.1) is 0 Å². The summed E-state index contributed by atoms with van der Waals surface area (Å²) in [5.41, 5.74) is 0.165. The molecule has 2 aliphatic rings. The van der Waals surface area contributed by atoms with Crippen LogP contribution in [0.25, 0.3) is 0 Å². The van der Waals surface area contributed by atoms with Gasteiger partial charge in [-0.2, -0.15) is 0 Å². The first-order valence-corrected chi connectivity index (χ1v) is 10.2. The molecule has 0 aromatic carbocycles. The van der Waals surface area contributed by atoms with E-state index in [9.17, 15) is 9.90 Å². The molecule has 0 radical (unpaired) electrons. The molecular formula is C22H28N4O3. The lowest BCUT2D eigenvalue weighted by molar-refractivity contribution is -0.206. The highest BCUT2D eigenvalue weighted by molar-refractivity contribution is 5.94. The second kappa shape index (κ2) is 8.18. The van der Waals surface area contributed by atoms with Crippen LogP contribution in [0.5, 0.6) is 0 Å². The fraction of sp³-hybridized carbons (Fsp3) is 0.500. The Morgan fingerprint density at radius 2 is 2.07 bits per heavy atom. The molecule has 154 valence electrons. The Bertz CT molecular complexity index is 824. The number of aliphatic hydroxyl groups excluding tert-OH is 1. The van der Waals surface area contributed by atoms with E-state index < -0.39 is 17.2 Å². The van der Waals surface area contributed by atoms with Crippen LogP contribution >= 0.6 is 0 Å². The molecule has 2 aromatic heterocycles. The van der Waals surface area contributed by atoms with Crippen LogP contribution in [0.2, 0.25) is 0 Å². The summed E-state index contributed by atoms with van der Waals surface area (Å²) in [5, 5.41) is 14.3. The quantitative estimate of drug-likeness (QED) is 0.819. The van der Waals surface area contributed by atoms with Crippen molar-refractivity contribution in [3.05, 3.63) is 60.2 Å². The molecule has 2 aromatic rings. The molecule has 1 unspecified atom stereocenters. The summed E-state index contributed by atoms with van der Waals surface area (Å²) >= 11 is 0. The van der Waals surface area contributed by atoms with Crippen molar-refractivity contribution in [2.24, 2.45) is 0 Å². The molecular weight excluding hydrogens is 368 g/mol. The number of rotatable bonds is 4. The number of piperidine rings is 1. The van der Waals surface area contributed by atoms with E-state index in [-0.39, 0.29) is 5.91 Å². The summed E-state index contributed by atoms with van der Waals surface area (Å²) in [6.07, 6.45) is 6.22. The zero-order valence-electron chi connectivity index (χ0n) is 16.8. The first-order chi connectivity index (χ1) is 14.0. The Kier molecular flexibility index (Phi) is 5.63. The van der Waals surface area contributed by atoms with Gasteiger partial charge in [0.25, 0.3) is 5.91 Å². The van der Waals surface area contributed by atoms with Crippen LogP contribution in [0, 0.1) is 0 Å². The van der Waals surface area contributed by atoms with E-state index in [0.29, 0.717) is 18.6 Å². The molecule has 29 heavy (non-hydrogen) atoms. The molecule has 0 aliphatic carbocycles. The molecule has 4 rings (SSSR count). The van der Waals surface area contributed by atoms with Crippen molar-refractivity contribution in [2.45, 2.75) is 50.0 Å². The van der Waals surface area contributed by atoms with Gasteiger partial charge in [-0.05, 0) is 50.5 Å². The molecule has 0 bridgehead atoms. The van der Waals surface area contributed by atoms with Crippen LogP contribution < -0.4 is 5.32 Å². The minimum atomic E-state index is -0.777. The van der Waals surface area contributed by atoms with Gasteiger partial charge in [-0.1, -0.05) is 6.07 Å². The van der Waals surface area contributed by atoms with Gasteiger partial charge in [0, 0.05) is 44.8 Å². The van der Waals surface area contributed by atoms with Gasteiger partial charge in [-0.3, -0.25) is 19.7 Å². The Hall–Kier alpha value is -2.35. The Morgan fingerprint density at radius 3 is 2.76 bits per heavy atom. The summed E-state index contributed by atoms with van der Waals surface area (Å²) in [6, 6.07) is 9.40. The van der Waals surface area contributed by atoms with Gasteiger partial charge in [0.2, 0.25) is 0 Å². The molecule has 1 amide bonds. The van der Waals surface area contributed by atoms with E-state index >= 15 is 0 Å². The van der Waals surface area contributed by atoms with Gasteiger partial charge in [0.1, 0.15) is 6.10 Å². The van der Waals surface area contributed by atoms with Gasteiger partial charge in [-0.25, -0.2) is 0 Å². The first-order valence-electron chi connectivity index (χ1n) is 10.2. The van der Waals surface area contributed by atoms with Crippen LogP contribution in [0.3, 0.4) is 0 Å². The molecule has 2 N–H and O–H groups in total. The molecule has 0 saturated carbocycles. The lowest BCUT2D eigenvalue weighted by Gasteiger charge is -2.53. The van der Waals surface area contributed by atoms with Crippen LogP contribution in [-0.2, 0) is 11.3 Å². The smallest absolute Gasteiger partial charge is 0.253 e. The van der Waals surface area contributed by atoms with Crippen molar-refractivity contribution in [2.75, 3.05) is 19.7 Å². The maximum absolute atomic E-state index is 12.7. The number of nitrogens with zero attached hydrogens (tertiary/aromatic N) is 3. The van der Waals surface area contributed by atoms with Crippen LogP contribution in [0.4, 0.5) is 0 Å². The maximum atomic E-state index is 12.7. The van der Waals surface area contributed by atoms with Gasteiger partial charge >= 0.3 is 0 Å². The zero-order valence-corrected chi connectivity index (χ0v) is 16.8. The summed E-state index contributed by atoms with van der Waals surface area (Å²) < 4.78 is 6.14. The number of hydrogen-bond donors (Lipinski definition) is 2. The van der Waals surface area contributed by atoms with Gasteiger partial charge in [0.15, 0.2) is 0 Å². The number of aliphatic hydroxyl groups is 1. The second-order valence-electron chi connectivity index (χ2n) is 8.28. The summed E-state index contributed by atoms with van der Waals surface area (Å²) in [7, 11) is 0. The third-order valence-electron chi connectivity index (χ3n) is 6.25. The van der Waals surface area contributed by atoms with Crippen molar-refractivity contribution in [1.29, 1.82) is 0 Å². The standard InChI is InChI=1S/C22H28N4O3/c1-21(25-19(27)17-5-4-10-23-15-17)9-14-29-22(20(21)28)7-12-26(13-8-22)16-18-6-2-3-11-24-18/h2-6,10-11,15,20,28H,7-9,12-14,16H2,1H3,(H,25,27)/t20?,21-/m1/s1. The SMILES string of the molecule is C[C@@]1(NC(=O)c2cccnc2)CCOC2(CCN(Cc3ccccn3)CC2)C1O. The van der Waals surface area contributed by atoms with E-state index in [1.54, 1.807) is 18.3 Å². The van der Waals surface area contributed by atoms with Crippen LogP contribution in [0.1, 0.15) is 42.2 Å². The molecule has 2 fully saturated rings. The normalized spacial score (nSPS) is 26.9. The van der Waals surface area contributed by atoms with Gasteiger partial charge < -0.3 is 15.2 Å². The second-order valence-corrected chi connectivity index (χ2v) is 8.28. The molecule has 7 nitrogen and oxygen atoms in total. The highest BCUT2D eigenvalue weighted by Gasteiger charge is 2.53. The number of carbonyl (C=O) groups excluding carboxylic acids is 1. The Morgan fingerprint density at radius 1 is 1.24 bits per heavy atom. The minimum Gasteiger partial charge on any atom is -0.388 e. The molecule has 2 aliphatic heterocycles. The average molecular weight is 396 g/mol. The fourth-order valence-electron chi connectivity index (χ4n) is 4.45. The van der Waals surface area contributed by atoms with Crippen molar-refractivity contribution in [3.8, 4) is 0 Å². The average Bonchev–Trinajstić information content (AvgIpc) is 2.75. The molecule has 2 atom stereocenters. The number of ether oxygens (including phenoxy) is 1. The maximum Gasteiger partial charge on any atom is 0.253 e. The third-order valence-corrected chi connectivity index (χ3v) is 6.25. The number of pyridine rings is 2. The molecule has 1 spiro atoms. The zero-order chi connectivity index (χ0) is 20.3. The monoisotopic (exact) mass is 396 g/mol. The van der Waals surface area contributed by atoms with E-state index in [4.69, 9.17) is 4.74 Å². The highest BCUT2D eigenvalue weighted by Crippen LogP contribution is 2.40. The van der Waals surface area contributed by atoms with Gasteiger partial charge in [0.05, 0.1) is 22.4 Å². The largest absolute Gasteiger partial charge is 0.388 e. The summed E-state index contributed by atoms with van der Waals surface area (Å²) in [4.78, 5) is 23.4. The molecule has 7 heteroatoms. The number of likely N-dealkylation sites (tertiary alicyclic amines) is 1. The fourth-order valence-corrected chi connectivity index (χ4v) is 4.45. The lowest BCUT2D eigenvalue weighted by Crippen LogP contribution is -2.69. The van der Waals surface area contributed by atoms with E-state index in [1.807, 2.05) is 31.3 Å². The summed E-state index contributed by atoms with van der Waals surface area (Å²) in [6.45, 7) is 4.86. The molecule has 4 heterocycles. The topological polar surface area (TPSA) is 87.6 Å². The number of aromatic nitrogens is 2. The van der Waals surface area contributed by atoms with Crippen LogP contribution in [0.15, 0.2) is 48.9 Å². The van der Waals surface area contributed by atoms with Crippen molar-refractivity contribution >= 4 is 5.91 Å². The lowest BCUT2D eigenvalue weighted by atomic mass is 9.73. The van der Waals surface area contributed by atoms with Crippen molar-refractivity contribution in [3.63, 3.8) is 0 Å². The number of hydrogen-bond acceptors (Lipinski definition) is 6. The van der Waals surface area contributed by atoms with E-state index in [1.165, 1.54) is 6.20 Å². The minimum absolute atomic E-state index is 0.218. The van der Waals surface area contributed by atoms with E-state index in [2.05, 4.69) is 20.2 Å². The molecule has 2 saturated heterocycles. The third kappa shape index (κ3) is 4.17. The van der Waals surface area contributed by atoms with Crippen molar-refractivity contribution < 1.29 is 14.6 Å².